The lowest BCUT2D eigenvalue weighted by Gasteiger charge is -2.29. The molecule has 0 saturated heterocycles. The Morgan fingerprint density at radius 1 is 1.00 bits per heavy atom. The van der Waals surface area contributed by atoms with Gasteiger partial charge in [0.15, 0.2) is 17.3 Å². The SMILES string of the molecule is COc1ccc([C@H]2C(C(=O)Nc3ccccc3)=C(C)Nc3nc(-c4ccccc4Cl)nn32)cc1OC. The maximum atomic E-state index is 13.6. The van der Waals surface area contributed by atoms with Gasteiger partial charge in [-0.05, 0) is 48.9 Å². The zero-order valence-electron chi connectivity index (χ0n) is 19.9. The minimum Gasteiger partial charge on any atom is -0.493 e. The fraction of sp³-hybridized carbons (Fsp3) is 0.148. The van der Waals surface area contributed by atoms with E-state index in [1.807, 2.05) is 73.7 Å². The van der Waals surface area contributed by atoms with Crippen LogP contribution in [0.15, 0.2) is 84.1 Å². The summed E-state index contributed by atoms with van der Waals surface area (Å²) in [5.41, 5.74) is 3.32. The fourth-order valence-electron chi connectivity index (χ4n) is 4.25. The van der Waals surface area contributed by atoms with E-state index in [1.165, 1.54) is 0 Å². The monoisotopic (exact) mass is 501 g/mol. The fourth-order valence-corrected chi connectivity index (χ4v) is 4.47. The summed E-state index contributed by atoms with van der Waals surface area (Å²) < 4.78 is 12.7. The van der Waals surface area contributed by atoms with Crippen molar-refractivity contribution in [3.63, 3.8) is 0 Å². The molecule has 2 heterocycles. The lowest BCUT2D eigenvalue weighted by molar-refractivity contribution is -0.113. The van der Waals surface area contributed by atoms with Gasteiger partial charge in [-0.15, -0.1) is 5.10 Å². The topological polar surface area (TPSA) is 90.3 Å². The second-order valence-electron chi connectivity index (χ2n) is 8.18. The van der Waals surface area contributed by atoms with Crippen LogP contribution in [0.4, 0.5) is 11.6 Å². The van der Waals surface area contributed by atoms with E-state index in [1.54, 1.807) is 25.0 Å². The molecule has 2 N–H and O–H groups in total. The van der Waals surface area contributed by atoms with Crippen molar-refractivity contribution in [1.29, 1.82) is 0 Å². The highest BCUT2D eigenvalue weighted by Gasteiger charge is 2.35. The Balaban J connectivity index is 1.65. The van der Waals surface area contributed by atoms with Crippen LogP contribution in [0, 0.1) is 0 Å². The number of hydrogen-bond acceptors (Lipinski definition) is 6. The zero-order chi connectivity index (χ0) is 25.2. The maximum Gasteiger partial charge on any atom is 0.255 e. The number of methoxy groups -OCH3 is 2. The number of rotatable bonds is 6. The van der Waals surface area contributed by atoms with E-state index in [4.69, 9.17) is 31.2 Å². The normalized spacial score (nSPS) is 14.6. The van der Waals surface area contributed by atoms with Crippen LogP contribution in [-0.2, 0) is 4.79 Å². The van der Waals surface area contributed by atoms with Gasteiger partial charge in [0.1, 0.15) is 6.04 Å². The lowest BCUT2D eigenvalue weighted by Crippen LogP contribution is -2.31. The summed E-state index contributed by atoms with van der Waals surface area (Å²) in [6, 6.07) is 21.6. The molecule has 8 nitrogen and oxygen atoms in total. The second kappa shape index (κ2) is 9.75. The highest BCUT2D eigenvalue weighted by atomic mass is 35.5. The van der Waals surface area contributed by atoms with E-state index < -0.39 is 6.04 Å². The maximum absolute atomic E-state index is 13.6. The van der Waals surface area contributed by atoms with Gasteiger partial charge in [-0.1, -0.05) is 48.0 Å². The molecule has 1 atom stereocenters. The van der Waals surface area contributed by atoms with Crippen LogP contribution in [0.2, 0.25) is 5.02 Å². The number of anilines is 2. The Morgan fingerprint density at radius 2 is 1.72 bits per heavy atom. The molecule has 3 aromatic carbocycles. The number of halogens is 1. The van der Waals surface area contributed by atoms with Crippen LogP contribution in [0.5, 0.6) is 11.5 Å². The number of fused-ring (bicyclic) bond motifs is 1. The highest BCUT2D eigenvalue weighted by Crippen LogP contribution is 2.40. The molecule has 0 bridgehead atoms. The molecule has 0 unspecified atom stereocenters. The number of hydrogen-bond donors (Lipinski definition) is 2. The molecule has 0 saturated carbocycles. The molecular formula is C27H24ClN5O3. The van der Waals surface area contributed by atoms with Gasteiger partial charge in [-0.25, -0.2) is 4.68 Å². The molecule has 1 aliphatic rings. The van der Waals surface area contributed by atoms with Crippen molar-refractivity contribution >= 4 is 29.1 Å². The second-order valence-corrected chi connectivity index (χ2v) is 8.59. The number of para-hydroxylation sites is 1. The molecule has 182 valence electrons. The molecule has 0 fully saturated rings. The molecule has 36 heavy (non-hydrogen) atoms. The van der Waals surface area contributed by atoms with Crippen molar-refractivity contribution in [2.24, 2.45) is 0 Å². The summed E-state index contributed by atoms with van der Waals surface area (Å²) in [5.74, 6) is 1.82. The Bertz CT molecular complexity index is 1470. The van der Waals surface area contributed by atoms with Crippen molar-refractivity contribution in [2.75, 3.05) is 24.9 Å². The van der Waals surface area contributed by atoms with E-state index in [-0.39, 0.29) is 5.91 Å². The molecule has 5 rings (SSSR count). The number of benzene rings is 3. The van der Waals surface area contributed by atoms with E-state index in [0.29, 0.717) is 50.8 Å². The number of carbonyl (C=O) groups is 1. The van der Waals surface area contributed by atoms with Gasteiger partial charge < -0.3 is 20.1 Å². The van der Waals surface area contributed by atoms with Crippen molar-refractivity contribution in [2.45, 2.75) is 13.0 Å². The van der Waals surface area contributed by atoms with Crippen LogP contribution < -0.4 is 20.1 Å². The quantitative estimate of drug-likeness (QED) is 0.360. The summed E-state index contributed by atoms with van der Waals surface area (Å²) in [7, 11) is 3.15. The van der Waals surface area contributed by atoms with Gasteiger partial charge in [-0.2, -0.15) is 4.98 Å². The molecule has 0 radical (unpaired) electrons. The molecule has 0 aliphatic carbocycles. The first-order chi connectivity index (χ1) is 17.5. The number of amides is 1. The van der Waals surface area contributed by atoms with Crippen LogP contribution >= 0.6 is 11.6 Å². The number of ether oxygens (including phenoxy) is 2. The highest BCUT2D eigenvalue weighted by molar-refractivity contribution is 6.33. The molecule has 0 spiro atoms. The molecule has 1 aromatic heterocycles. The van der Waals surface area contributed by atoms with Crippen molar-refractivity contribution in [1.82, 2.24) is 14.8 Å². The average Bonchev–Trinajstić information content (AvgIpc) is 3.31. The minimum absolute atomic E-state index is 0.258. The van der Waals surface area contributed by atoms with Crippen molar-refractivity contribution < 1.29 is 14.3 Å². The van der Waals surface area contributed by atoms with Gasteiger partial charge in [-0.3, -0.25) is 4.79 Å². The number of nitrogens with zero attached hydrogens (tertiary/aromatic N) is 3. The molecule has 1 aliphatic heterocycles. The Kier molecular flexibility index (Phi) is 6.35. The van der Waals surface area contributed by atoms with Gasteiger partial charge in [0, 0.05) is 16.9 Å². The Labute approximate surface area is 213 Å². The van der Waals surface area contributed by atoms with Crippen molar-refractivity contribution in [3.8, 4) is 22.9 Å². The number of aromatic nitrogens is 3. The average molecular weight is 502 g/mol. The zero-order valence-corrected chi connectivity index (χ0v) is 20.7. The van der Waals surface area contributed by atoms with Crippen LogP contribution in [0.3, 0.4) is 0 Å². The first-order valence-electron chi connectivity index (χ1n) is 11.3. The molecule has 4 aromatic rings. The minimum atomic E-state index is -0.589. The number of allylic oxidation sites excluding steroid dienone is 1. The first-order valence-corrected chi connectivity index (χ1v) is 11.7. The largest absolute Gasteiger partial charge is 0.493 e. The molecular weight excluding hydrogens is 478 g/mol. The van der Waals surface area contributed by atoms with Crippen LogP contribution in [0.1, 0.15) is 18.5 Å². The van der Waals surface area contributed by atoms with E-state index >= 15 is 0 Å². The summed E-state index contributed by atoms with van der Waals surface area (Å²) in [6.45, 7) is 1.85. The summed E-state index contributed by atoms with van der Waals surface area (Å²) in [5, 5.41) is 11.6. The number of nitrogens with one attached hydrogen (secondary N) is 2. The summed E-state index contributed by atoms with van der Waals surface area (Å²) in [6.07, 6.45) is 0. The van der Waals surface area contributed by atoms with E-state index in [0.717, 1.165) is 5.56 Å². The van der Waals surface area contributed by atoms with E-state index in [9.17, 15) is 4.79 Å². The standard InChI is InChI=1S/C27H24ClN5O3/c1-16-23(26(34)30-18-9-5-4-6-10-18)24(17-13-14-21(35-2)22(15-17)36-3)33-27(29-16)31-25(32-33)19-11-7-8-12-20(19)28/h4-15,24H,1-3H3,(H,30,34)(H,29,31,32)/t24-/m0/s1. The number of carbonyl (C=O) groups excluding carboxylic acids is 1. The van der Waals surface area contributed by atoms with Crippen LogP contribution in [-0.4, -0.2) is 34.9 Å². The van der Waals surface area contributed by atoms with Gasteiger partial charge >= 0.3 is 0 Å². The Morgan fingerprint density at radius 3 is 2.44 bits per heavy atom. The smallest absolute Gasteiger partial charge is 0.255 e. The van der Waals surface area contributed by atoms with Gasteiger partial charge in [0.25, 0.3) is 5.91 Å². The predicted octanol–water partition coefficient (Wildman–Crippen LogP) is 5.54. The van der Waals surface area contributed by atoms with Crippen molar-refractivity contribution in [3.05, 3.63) is 94.7 Å². The summed E-state index contributed by atoms with van der Waals surface area (Å²) in [4.78, 5) is 18.3. The Hall–Kier alpha value is -4.30. The van der Waals surface area contributed by atoms with Gasteiger partial charge in [0.2, 0.25) is 5.95 Å². The third-order valence-electron chi connectivity index (χ3n) is 5.97. The lowest BCUT2D eigenvalue weighted by atomic mass is 9.94. The third-order valence-corrected chi connectivity index (χ3v) is 6.30. The predicted molar refractivity (Wildman–Crippen MR) is 140 cm³/mol. The van der Waals surface area contributed by atoms with E-state index in [2.05, 4.69) is 10.6 Å². The first kappa shape index (κ1) is 23.4. The third kappa shape index (κ3) is 4.27. The summed E-state index contributed by atoms with van der Waals surface area (Å²) >= 11 is 6.43. The van der Waals surface area contributed by atoms with Gasteiger partial charge in [0.05, 0.1) is 24.8 Å². The van der Waals surface area contributed by atoms with Crippen LogP contribution in [0.25, 0.3) is 11.4 Å². The molecule has 1 amide bonds. The molecule has 9 heteroatoms.